The summed E-state index contributed by atoms with van der Waals surface area (Å²) in [6.07, 6.45) is 3.95. The molecule has 0 saturated carbocycles. The highest BCUT2D eigenvalue weighted by Gasteiger charge is 2.25. The Kier molecular flexibility index (Phi) is 4.29. The molecule has 0 radical (unpaired) electrons. The first-order chi connectivity index (χ1) is 8.54. The fraction of sp³-hybridized carbons (Fsp3) is 0.667. The second-order valence-corrected chi connectivity index (χ2v) is 5.74. The highest BCUT2D eigenvalue weighted by molar-refractivity contribution is 8.00. The molecule has 6 heteroatoms. The fourth-order valence-corrected chi connectivity index (χ4v) is 2.91. The lowest BCUT2D eigenvalue weighted by molar-refractivity contribution is -0.140. The lowest BCUT2D eigenvalue weighted by Gasteiger charge is -2.35. The van der Waals surface area contributed by atoms with Gasteiger partial charge in [0.05, 0.1) is 24.2 Å². The van der Waals surface area contributed by atoms with Crippen LogP contribution in [0.15, 0.2) is 17.3 Å². The minimum atomic E-state index is 0.126. The first-order valence-corrected chi connectivity index (χ1v) is 7.08. The molecule has 0 aromatic carbocycles. The third-order valence-electron chi connectivity index (χ3n) is 2.82. The molecule has 0 spiro atoms. The zero-order valence-corrected chi connectivity index (χ0v) is 11.8. The number of aryl methyl sites for hydroxylation is 1. The molecule has 1 aliphatic rings. The molecule has 0 aliphatic carbocycles. The Hall–Kier alpha value is -1.01. The van der Waals surface area contributed by atoms with Gasteiger partial charge in [0.15, 0.2) is 0 Å². The Morgan fingerprint density at radius 2 is 2.17 bits per heavy atom. The summed E-state index contributed by atoms with van der Waals surface area (Å²) in [4.78, 5) is 15.0. The van der Waals surface area contributed by atoms with E-state index < -0.39 is 0 Å². The number of carbonyl (C=O) groups excluding carboxylic acids is 1. The Bertz CT molecular complexity index is 411. The van der Waals surface area contributed by atoms with Crippen molar-refractivity contribution in [3.63, 3.8) is 0 Å². The Morgan fingerprint density at radius 3 is 2.72 bits per heavy atom. The minimum absolute atomic E-state index is 0.126. The highest BCUT2D eigenvalue weighted by Crippen LogP contribution is 2.18. The molecule has 100 valence electrons. The van der Waals surface area contributed by atoms with Crippen molar-refractivity contribution in [3.05, 3.63) is 12.4 Å². The lowest BCUT2D eigenvalue weighted by Crippen LogP contribution is -2.48. The Labute approximate surface area is 111 Å². The van der Waals surface area contributed by atoms with E-state index in [9.17, 15) is 4.79 Å². The monoisotopic (exact) mass is 269 g/mol. The molecule has 2 heterocycles. The van der Waals surface area contributed by atoms with Crippen molar-refractivity contribution in [1.29, 1.82) is 0 Å². The number of hydrogen-bond acceptors (Lipinski definition) is 4. The van der Waals surface area contributed by atoms with Gasteiger partial charge in [-0.1, -0.05) is 0 Å². The molecule has 1 amide bonds. The van der Waals surface area contributed by atoms with Gasteiger partial charge in [-0.25, -0.2) is 0 Å². The van der Waals surface area contributed by atoms with Gasteiger partial charge in [0.2, 0.25) is 5.91 Å². The molecule has 1 fully saturated rings. The molecular weight excluding hydrogens is 250 g/mol. The summed E-state index contributed by atoms with van der Waals surface area (Å²) in [5.74, 6) is 0.636. The first-order valence-electron chi connectivity index (χ1n) is 6.09. The van der Waals surface area contributed by atoms with Gasteiger partial charge in [0.25, 0.3) is 0 Å². The second kappa shape index (κ2) is 5.75. The number of carbonyl (C=O) groups is 1. The molecule has 2 rings (SSSR count). The highest BCUT2D eigenvalue weighted by atomic mass is 32.2. The molecule has 0 bridgehead atoms. The van der Waals surface area contributed by atoms with E-state index in [0.717, 1.165) is 4.90 Å². The number of morpholine rings is 1. The third kappa shape index (κ3) is 3.49. The van der Waals surface area contributed by atoms with Gasteiger partial charge in [-0.2, -0.15) is 5.10 Å². The molecule has 1 aromatic heterocycles. The molecule has 1 aliphatic heterocycles. The van der Waals surface area contributed by atoms with Gasteiger partial charge < -0.3 is 9.64 Å². The summed E-state index contributed by atoms with van der Waals surface area (Å²) < 4.78 is 7.36. The molecule has 5 nitrogen and oxygen atoms in total. The SMILES string of the molecule is CC1CN(C(=O)CSc2cnn(C)c2)CC(C)O1. The topological polar surface area (TPSA) is 47.4 Å². The number of amides is 1. The zero-order valence-electron chi connectivity index (χ0n) is 11.0. The molecule has 2 unspecified atom stereocenters. The standard InChI is InChI=1S/C12H19N3O2S/c1-9-5-15(6-10(2)17-9)12(16)8-18-11-4-13-14(3)7-11/h4,7,9-10H,5-6,8H2,1-3H3. The summed E-state index contributed by atoms with van der Waals surface area (Å²) >= 11 is 1.53. The number of rotatable bonds is 3. The van der Waals surface area contributed by atoms with Crippen LogP contribution in [0, 0.1) is 0 Å². The van der Waals surface area contributed by atoms with Gasteiger partial charge >= 0.3 is 0 Å². The third-order valence-corrected chi connectivity index (χ3v) is 3.75. The van der Waals surface area contributed by atoms with Crippen LogP contribution in [0.4, 0.5) is 0 Å². The van der Waals surface area contributed by atoms with E-state index in [1.165, 1.54) is 11.8 Å². The second-order valence-electron chi connectivity index (χ2n) is 4.69. The van der Waals surface area contributed by atoms with E-state index in [0.29, 0.717) is 18.8 Å². The van der Waals surface area contributed by atoms with Crippen molar-refractivity contribution in [2.45, 2.75) is 31.0 Å². The van der Waals surface area contributed by atoms with E-state index >= 15 is 0 Å². The molecule has 1 saturated heterocycles. The van der Waals surface area contributed by atoms with Crippen LogP contribution in [-0.4, -0.2) is 51.6 Å². The number of nitrogens with zero attached hydrogens (tertiary/aromatic N) is 3. The number of ether oxygens (including phenoxy) is 1. The van der Waals surface area contributed by atoms with Crippen molar-refractivity contribution in [2.24, 2.45) is 7.05 Å². The van der Waals surface area contributed by atoms with E-state index in [4.69, 9.17) is 4.74 Å². The van der Waals surface area contributed by atoms with Crippen molar-refractivity contribution >= 4 is 17.7 Å². The van der Waals surface area contributed by atoms with Gasteiger partial charge in [-0.15, -0.1) is 11.8 Å². The molecular formula is C12H19N3O2S. The summed E-state index contributed by atoms with van der Waals surface area (Å²) in [5.41, 5.74) is 0. The summed E-state index contributed by atoms with van der Waals surface area (Å²) in [7, 11) is 1.87. The van der Waals surface area contributed by atoms with Gasteiger partial charge in [0.1, 0.15) is 0 Å². The Morgan fingerprint density at radius 1 is 1.50 bits per heavy atom. The predicted molar refractivity (Wildman–Crippen MR) is 70.5 cm³/mol. The van der Waals surface area contributed by atoms with Crippen LogP contribution in [0.5, 0.6) is 0 Å². The molecule has 2 atom stereocenters. The van der Waals surface area contributed by atoms with Crippen LogP contribution in [0.3, 0.4) is 0 Å². The van der Waals surface area contributed by atoms with Crippen LogP contribution in [0.25, 0.3) is 0 Å². The largest absolute Gasteiger partial charge is 0.372 e. The van der Waals surface area contributed by atoms with E-state index in [1.54, 1.807) is 10.9 Å². The van der Waals surface area contributed by atoms with Gasteiger partial charge in [-0.05, 0) is 13.8 Å². The smallest absolute Gasteiger partial charge is 0.233 e. The minimum Gasteiger partial charge on any atom is -0.372 e. The Balaban J connectivity index is 1.84. The van der Waals surface area contributed by atoms with Crippen LogP contribution in [-0.2, 0) is 16.6 Å². The maximum atomic E-state index is 12.1. The average Bonchev–Trinajstić information content (AvgIpc) is 2.70. The number of aromatic nitrogens is 2. The van der Waals surface area contributed by atoms with Crippen LogP contribution in [0.2, 0.25) is 0 Å². The van der Waals surface area contributed by atoms with Crippen LogP contribution < -0.4 is 0 Å². The van der Waals surface area contributed by atoms with Crippen molar-refractivity contribution in [3.8, 4) is 0 Å². The predicted octanol–water partition coefficient (Wildman–Crippen LogP) is 1.15. The van der Waals surface area contributed by atoms with E-state index in [2.05, 4.69) is 5.10 Å². The number of thioether (sulfide) groups is 1. The van der Waals surface area contributed by atoms with Crippen molar-refractivity contribution < 1.29 is 9.53 Å². The lowest BCUT2D eigenvalue weighted by atomic mass is 10.2. The molecule has 18 heavy (non-hydrogen) atoms. The van der Waals surface area contributed by atoms with Crippen LogP contribution in [0.1, 0.15) is 13.8 Å². The summed E-state index contributed by atoms with van der Waals surface area (Å²) in [5, 5.41) is 4.08. The number of hydrogen-bond donors (Lipinski definition) is 0. The zero-order chi connectivity index (χ0) is 13.1. The fourth-order valence-electron chi connectivity index (χ4n) is 2.09. The van der Waals surface area contributed by atoms with Crippen molar-refractivity contribution in [2.75, 3.05) is 18.8 Å². The normalized spacial score (nSPS) is 24.3. The van der Waals surface area contributed by atoms with Crippen molar-refractivity contribution in [1.82, 2.24) is 14.7 Å². The van der Waals surface area contributed by atoms with Gasteiger partial charge in [-0.3, -0.25) is 9.48 Å². The summed E-state index contributed by atoms with van der Waals surface area (Å²) in [6, 6.07) is 0. The maximum absolute atomic E-state index is 12.1. The van der Waals surface area contributed by atoms with E-state index in [1.807, 2.05) is 32.0 Å². The quantitative estimate of drug-likeness (QED) is 0.772. The summed E-state index contributed by atoms with van der Waals surface area (Å²) in [6.45, 7) is 5.39. The maximum Gasteiger partial charge on any atom is 0.233 e. The van der Waals surface area contributed by atoms with E-state index in [-0.39, 0.29) is 18.1 Å². The molecule has 0 N–H and O–H groups in total. The molecule has 1 aromatic rings. The average molecular weight is 269 g/mol. The first kappa shape index (κ1) is 13.4. The van der Waals surface area contributed by atoms with Gasteiger partial charge in [0, 0.05) is 31.2 Å². The van der Waals surface area contributed by atoms with Crippen LogP contribution >= 0.6 is 11.8 Å².